The molecule has 2 fully saturated rings. The van der Waals surface area contributed by atoms with Gasteiger partial charge in [-0.15, -0.1) is 0 Å². The first kappa shape index (κ1) is 19.3. The van der Waals surface area contributed by atoms with Crippen LogP contribution in [0.5, 0.6) is 11.5 Å². The molecule has 5 nitrogen and oxygen atoms in total. The lowest BCUT2D eigenvalue weighted by Crippen LogP contribution is -2.44. The summed E-state index contributed by atoms with van der Waals surface area (Å²) in [4.78, 5) is 0. The Kier molecular flexibility index (Phi) is 4.11. The van der Waals surface area contributed by atoms with Crippen LogP contribution in [0.4, 0.5) is 0 Å². The topological polar surface area (TPSA) is 94.1 Å². The van der Waals surface area contributed by atoms with Gasteiger partial charge in [-0.2, -0.15) is 0 Å². The molecule has 0 amide bonds. The molecule has 1 aromatic heterocycles. The van der Waals surface area contributed by atoms with Crippen LogP contribution in [-0.2, 0) is 5.41 Å². The molecule has 3 aliphatic rings. The van der Waals surface area contributed by atoms with Crippen molar-refractivity contribution in [3.8, 4) is 11.5 Å². The van der Waals surface area contributed by atoms with E-state index in [0.29, 0.717) is 23.3 Å². The van der Waals surface area contributed by atoms with Gasteiger partial charge in [0, 0.05) is 16.9 Å². The summed E-state index contributed by atoms with van der Waals surface area (Å²) in [5.74, 6) is 1.55. The molecule has 0 bridgehead atoms. The second-order valence-electron chi connectivity index (χ2n) is 10.6. The van der Waals surface area contributed by atoms with Crippen molar-refractivity contribution in [2.45, 2.75) is 77.0 Å². The summed E-state index contributed by atoms with van der Waals surface area (Å²) >= 11 is 0. The summed E-state index contributed by atoms with van der Waals surface area (Å²) in [6.45, 7) is 7.09. The zero-order chi connectivity index (χ0) is 20.7. The summed E-state index contributed by atoms with van der Waals surface area (Å²) in [5.41, 5.74) is 1.43. The maximum absolute atomic E-state index is 10.4. The molecular weight excluding hydrogens is 367 g/mol. The van der Waals surface area contributed by atoms with Crippen molar-refractivity contribution in [2.75, 3.05) is 0 Å². The fourth-order valence-corrected chi connectivity index (χ4v) is 6.90. The van der Waals surface area contributed by atoms with E-state index in [9.17, 15) is 20.3 Å². The largest absolute Gasteiger partial charge is 0.504 e. The molecule has 3 aliphatic carbocycles. The van der Waals surface area contributed by atoms with E-state index in [0.717, 1.165) is 42.4 Å². The Bertz CT molecular complexity index is 974. The maximum atomic E-state index is 10.4. The van der Waals surface area contributed by atoms with E-state index < -0.39 is 12.9 Å². The van der Waals surface area contributed by atoms with Crippen molar-refractivity contribution in [1.82, 2.24) is 0 Å². The van der Waals surface area contributed by atoms with Crippen LogP contribution >= 0.6 is 0 Å². The Balaban J connectivity index is 1.85. The van der Waals surface area contributed by atoms with Crippen LogP contribution in [0.1, 0.15) is 83.0 Å². The smallest absolute Gasteiger partial charge is 0.496 e. The third-order valence-electron chi connectivity index (χ3n) is 8.35. The molecule has 0 aliphatic heterocycles. The minimum absolute atomic E-state index is 0.104. The number of fused-ring (bicyclic) bond motifs is 5. The van der Waals surface area contributed by atoms with Crippen LogP contribution < -0.4 is 5.46 Å². The second-order valence-corrected chi connectivity index (χ2v) is 10.6. The van der Waals surface area contributed by atoms with Crippen LogP contribution in [-0.4, -0.2) is 27.4 Å². The summed E-state index contributed by atoms with van der Waals surface area (Å²) in [7, 11) is -1.91. The van der Waals surface area contributed by atoms with E-state index >= 15 is 0 Å². The van der Waals surface area contributed by atoms with Gasteiger partial charge in [0.1, 0.15) is 11.3 Å². The third-order valence-corrected chi connectivity index (χ3v) is 8.35. The van der Waals surface area contributed by atoms with E-state index in [1.165, 1.54) is 19.3 Å². The molecular formula is C23H31BO5. The lowest BCUT2D eigenvalue weighted by Gasteiger charge is -2.50. The van der Waals surface area contributed by atoms with Crippen LogP contribution in [0.3, 0.4) is 0 Å². The number of hydrogen-bond donors (Lipinski definition) is 4. The average Bonchev–Trinajstić information content (AvgIpc) is 3.40. The Morgan fingerprint density at radius 2 is 1.76 bits per heavy atom. The SMILES string of the molecule is CC1(C)CCC[C@@]2(C)c3c(oc4c(B(O)O)c(O)c(O)cc34)C(C3CC3)CC[C@H]12. The molecule has 1 aromatic carbocycles. The number of phenolic OH excluding ortho intramolecular Hbond substituents is 2. The molecule has 5 rings (SSSR count). The monoisotopic (exact) mass is 398 g/mol. The Morgan fingerprint density at radius 3 is 2.41 bits per heavy atom. The van der Waals surface area contributed by atoms with Crippen molar-refractivity contribution in [3.05, 3.63) is 17.4 Å². The highest BCUT2D eigenvalue weighted by Crippen LogP contribution is 2.62. The van der Waals surface area contributed by atoms with Gasteiger partial charge in [-0.05, 0) is 67.3 Å². The quantitative estimate of drug-likeness (QED) is 0.455. The first-order valence-electron chi connectivity index (χ1n) is 11.0. The van der Waals surface area contributed by atoms with E-state index in [-0.39, 0.29) is 22.0 Å². The van der Waals surface area contributed by atoms with Gasteiger partial charge < -0.3 is 24.7 Å². The summed E-state index contributed by atoms with van der Waals surface area (Å²) in [5, 5.41) is 41.3. The van der Waals surface area contributed by atoms with Gasteiger partial charge in [0.25, 0.3) is 0 Å². The Labute approximate surface area is 171 Å². The van der Waals surface area contributed by atoms with E-state index in [1.54, 1.807) is 6.07 Å². The molecule has 2 saturated carbocycles. The van der Waals surface area contributed by atoms with Crippen LogP contribution in [0.25, 0.3) is 11.0 Å². The average molecular weight is 398 g/mol. The van der Waals surface area contributed by atoms with Gasteiger partial charge >= 0.3 is 7.12 Å². The van der Waals surface area contributed by atoms with Crippen LogP contribution in [0, 0.1) is 17.3 Å². The Hall–Kier alpha value is -1.66. The number of hydrogen-bond acceptors (Lipinski definition) is 5. The highest BCUT2D eigenvalue weighted by molar-refractivity contribution is 6.63. The molecule has 0 spiro atoms. The summed E-state index contributed by atoms with van der Waals surface area (Å²) < 4.78 is 6.40. The summed E-state index contributed by atoms with van der Waals surface area (Å²) in [6, 6.07) is 1.57. The normalized spacial score (nSPS) is 31.2. The molecule has 0 saturated heterocycles. The van der Waals surface area contributed by atoms with Crippen LogP contribution in [0.2, 0.25) is 0 Å². The van der Waals surface area contributed by atoms with Crippen molar-refractivity contribution in [1.29, 1.82) is 0 Å². The number of rotatable bonds is 2. The fraction of sp³-hybridized carbons (Fsp3) is 0.652. The Morgan fingerprint density at radius 1 is 1.03 bits per heavy atom. The second kappa shape index (κ2) is 6.18. The lowest BCUT2D eigenvalue weighted by molar-refractivity contribution is 0.0501. The van der Waals surface area contributed by atoms with E-state index in [4.69, 9.17) is 4.42 Å². The lowest BCUT2D eigenvalue weighted by atomic mass is 9.53. The molecule has 1 unspecified atom stereocenters. The van der Waals surface area contributed by atoms with Crippen molar-refractivity contribution in [2.24, 2.45) is 17.3 Å². The molecule has 4 N–H and O–H groups in total. The molecule has 2 aromatic rings. The highest BCUT2D eigenvalue weighted by Gasteiger charge is 2.53. The van der Waals surface area contributed by atoms with Gasteiger partial charge in [0.05, 0.1) is 5.46 Å². The van der Waals surface area contributed by atoms with E-state index in [2.05, 4.69) is 20.8 Å². The summed E-state index contributed by atoms with van der Waals surface area (Å²) in [6.07, 6.45) is 8.06. The van der Waals surface area contributed by atoms with Gasteiger partial charge in [-0.3, -0.25) is 0 Å². The first-order chi connectivity index (χ1) is 13.6. The maximum Gasteiger partial charge on any atom is 0.496 e. The highest BCUT2D eigenvalue weighted by atomic mass is 16.4. The molecule has 6 heteroatoms. The van der Waals surface area contributed by atoms with Gasteiger partial charge in [-0.1, -0.05) is 27.2 Å². The van der Waals surface area contributed by atoms with Gasteiger partial charge in [0.2, 0.25) is 0 Å². The van der Waals surface area contributed by atoms with Crippen molar-refractivity contribution >= 4 is 23.6 Å². The molecule has 156 valence electrons. The zero-order valence-corrected chi connectivity index (χ0v) is 17.5. The molecule has 29 heavy (non-hydrogen) atoms. The molecule has 1 heterocycles. The predicted octanol–water partition coefficient (Wildman–Crippen LogP) is 3.90. The van der Waals surface area contributed by atoms with E-state index in [1.807, 2.05) is 0 Å². The minimum Gasteiger partial charge on any atom is -0.504 e. The first-order valence-corrected chi connectivity index (χ1v) is 11.0. The van der Waals surface area contributed by atoms with Crippen molar-refractivity contribution in [3.63, 3.8) is 0 Å². The molecule has 3 atom stereocenters. The van der Waals surface area contributed by atoms with Crippen molar-refractivity contribution < 1.29 is 24.7 Å². The van der Waals surface area contributed by atoms with Gasteiger partial charge in [0.15, 0.2) is 11.5 Å². The van der Waals surface area contributed by atoms with Crippen LogP contribution in [0.15, 0.2) is 10.5 Å². The number of furan rings is 1. The number of benzene rings is 1. The van der Waals surface area contributed by atoms with Gasteiger partial charge in [-0.25, -0.2) is 0 Å². The third kappa shape index (κ3) is 2.68. The predicted molar refractivity (Wildman–Crippen MR) is 113 cm³/mol. The fourth-order valence-electron chi connectivity index (χ4n) is 6.90. The number of phenols is 2. The number of aromatic hydroxyl groups is 2. The zero-order valence-electron chi connectivity index (χ0n) is 17.5. The standard InChI is InChI=1S/C23H31BO5/c1-22(2)9-4-10-23(3)16(22)8-7-13(12-5-6-12)20-17(23)14-11-15(25)19(26)18(24(27)28)21(14)29-20/h11-13,16,25-28H,4-10H2,1-3H3/t13?,16-,23-/m1/s1. The minimum atomic E-state index is -1.91. The molecule has 0 radical (unpaired) electrons.